The molecule has 0 amide bonds. The Morgan fingerprint density at radius 2 is 2.14 bits per heavy atom. The van der Waals surface area contributed by atoms with E-state index >= 15 is 0 Å². The summed E-state index contributed by atoms with van der Waals surface area (Å²) in [6, 6.07) is -0.000718. The molecule has 1 saturated heterocycles. The number of carbonyl (C=O) groups excluding carboxylic acids is 1. The van der Waals surface area contributed by atoms with Crippen molar-refractivity contribution in [3.8, 4) is 0 Å². The monoisotopic (exact) mass is 199 g/mol. The maximum absolute atomic E-state index is 11.8. The van der Waals surface area contributed by atoms with Crippen molar-refractivity contribution in [2.24, 2.45) is 0 Å². The quantitative estimate of drug-likeness (QED) is 0.635. The van der Waals surface area contributed by atoms with Gasteiger partial charge in [-0.05, 0) is 46.7 Å². The summed E-state index contributed by atoms with van der Waals surface area (Å²) in [5.74, 6) is -0.0585. The van der Waals surface area contributed by atoms with Crippen molar-refractivity contribution >= 4 is 5.97 Å². The van der Waals surface area contributed by atoms with Gasteiger partial charge in [-0.3, -0.25) is 9.69 Å². The molecular formula is C11H21NO2. The smallest absolute Gasteiger partial charge is 0.323 e. The molecule has 14 heavy (non-hydrogen) atoms. The van der Waals surface area contributed by atoms with Crippen LogP contribution >= 0.6 is 0 Å². The van der Waals surface area contributed by atoms with Gasteiger partial charge in [-0.25, -0.2) is 0 Å². The molecule has 1 rings (SSSR count). The zero-order chi connectivity index (χ0) is 10.8. The van der Waals surface area contributed by atoms with Gasteiger partial charge in [0.15, 0.2) is 0 Å². The summed E-state index contributed by atoms with van der Waals surface area (Å²) in [7, 11) is 0. The molecule has 1 fully saturated rings. The molecule has 0 aromatic rings. The summed E-state index contributed by atoms with van der Waals surface area (Å²) in [5, 5.41) is 0. The van der Waals surface area contributed by atoms with Gasteiger partial charge in [-0.15, -0.1) is 0 Å². The number of likely N-dealkylation sites (tertiary alicyclic amines) is 1. The second-order valence-corrected chi connectivity index (χ2v) is 4.82. The van der Waals surface area contributed by atoms with Crippen molar-refractivity contribution in [3.05, 3.63) is 0 Å². The molecule has 3 nitrogen and oxygen atoms in total. The Morgan fingerprint density at radius 1 is 1.50 bits per heavy atom. The molecule has 0 unspecified atom stereocenters. The summed E-state index contributed by atoms with van der Waals surface area (Å²) in [6.07, 6.45) is 2.06. The number of carbonyl (C=O) groups is 1. The Hall–Kier alpha value is -0.570. The molecule has 0 aliphatic carbocycles. The van der Waals surface area contributed by atoms with Gasteiger partial charge in [-0.1, -0.05) is 6.92 Å². The topological polar surface area (TPSA) is 29.5 Å². The summed E-state index contributed by atoms with van der Waals surface area (Å²) < 4.78 is 5.37. The van der Waals surface area contributed by atoms with Crippen molar-refractivity contribution in [2.75, 3.05) is 13.1 Å². The highest BCUT2D eigenvalue weighted by molar-refractivity contribution is 5.76. The fraction of sp³-hybridized carbons (Fsp3) is 0.909. The van der Waals surface area contributed by atoms with Crippen molar-refractivity contribution in [3.63, 3.8) is 0 Å². The second kappa shape index (κ2) is 4.30. The Morgan fingerprint density at radius 3 is 2.64 bits per heavy atom. The lowest BCUT2D eigenvalue weighted by molar-refractivity contribution is -0.160. The maximum Gasteiger partial charge on any atom is 0.323 e. The maximum atomic E-state index is 11.8. The molecule has 0 bridgehead atoms. The van der Waals surface area contributed by atoms with E-state index in [1.54, 1.807) is 0 Å². The van der Waals surface area contributed by atoms with E-state index in [-0.39, 0.29) is 17.6 Å². The molecule has 1 heterocycles. The van der Waals surface area contributed by atoms with Crippen molar-refractivity contribution in [1.82, 2.24) is 4.90 Å². The average molecular weight is 199 g/mol. The molecule has 0 aromatic carbocycles. The third kappa shape index (κ3) is 2.98. The summed E-state index contributed by atoms with van der Waals surface area (Å²) >= 11 is 0. The van der Waals surface area contributed by atoms with E-state index in [2.05, 4.69) is 11.8 Å². The van der Waals surface area contributed by atoms with Crippen LogP contribution in [0, 0.1) is 0 Å². The number of rotatable bonds is 2. The molecule has 1 aliphatic rings. The largest absolute Gasteiger partial charge is 0.459 e. The fourth-order valence-electron chi connectivity index (χ4n) is 1.84. The fourth-order valence-corrected chi connectivity index (χ4v) is 1.84. The zero-order valence-electron chi connectivity index (χ0n) is 9.67. The van der Waals surface area contributed by atoms with Crippen LogP contribution in [0.4, 0.5) is 0 Å². The minimum absolute atomic E-state index is 0.000718. The van der Waals surface area contributed by atoms with Crippen LogP contribution in [-0.2, 0) is 9.53 Å². The Kier molecular flexibility index (Phi) is 3.53. The van der Waals surface area contributed by atoms with Crippen LogP contribution < -0.4 is 0 Å². The van der Waals surface area contributed by atoms with Crippen molar-refractivity contribution < 1.29 is 9.53 Å². The lowest BCUT2D eigenvalue weighted by Gasteiger charge is -2.26. The van der Waals surface area contributed by atoms with Crippen molar-refractivity contribution in [1.29, 1.82) is 0 Å². The van der Waals surface area contributed by atoms with Crippen LogP contribution in [0.5, 0.6) is 0 Å². The lowest BCUT2D eigenvalue weighted by Crippen LogP contribution is -2.40. The predicted molar refractivity (Wildman–Crippen MR) is 56.1 cm³/mol. The summed E-state index contributed by atoms with van der Waals surface area (Å²) in [4.78, 5) is 14.0. The normalized spacial score (nSPS) is 23.9. The first-order chi connectivity index (χ1) is 6.44. The zero-order valence-corrected chi connectivity index (χ0v) is 9.67. The van der Waals surface area contributed by atoms with Crippen LogP contribution in [0.1, 0.15) is 40.5 Å². The summed E-state index contributed by atoms with van der Waals surface area (Å²) in [5.41, 5.74) is -0.362. The number of likely N-dealkylation sites (N-methyl/N-ethyl adjacent to an activating group) is 1. The van der Waals surface area contributed by atoms with Gasteiger partial charge >= 0.3 is 5.97 Å². The molecule has 1 aliphatic heterocycles. The first-order valence-corrected chi connectivity index (χ1v) is 5.41. The highest BCUT2D eigenvalue weighted by Gasteiger charge is 2.32. The van der Waals surface area contributed by atoms with E-state index in [9.17, 15) is 4.79 Å². The number of esters is 1. The average Bonchev–Trinajstić information content (AvgIpc) is 2.47. The molecule has 0 aromatic heterocycles. The molecule has 0 spiro atoms. The number of hydrogen-bond donors (Lipinski definition) is 0. The van der Waals surface area contributed by atoms with Gasteiger partial charge < -0.3 is 4.74 Å². The number of hydrogen-bond acceptors (Lipinski definition) is 3. The first-order valence-electron chi connectivity index (χ1n) is 5.41. The Labute approximate surface area is 86.4 Å². The van der Waals surface area contributed by atoms with E-state index < -0.39 is 0 Å². The highest BCUT2D eigenvalue weighted by Crippen LogP contribution is 2.20. The third-order valence-corrected chi connectivity index (χ3v) is 2.45. The van der Waals surface area contributed by atoms with Gasteiger partial charge in [0.25, 0.3) is 0 Å². The van der Waals surface area contributed by atoms with Crippen LogP contribution in [-0.4, -0.2) is 35.6 Å². The van der Waals surface area contributed by atoms with Crippen molar-refractivity contribution in [2.45, 2.75) is 52.2 Å². The van der Waals surface area contributed by atoms with Gasteiger partial charge in [0.05, 0.1) is 0 Å². The first kappa shape index (κ1) is 11.5. The standard InChI is InChI=1S/C11H21NO2/c1-5-12-8-6-7-9(12)10(13)14-11(2,3)4/h9H,5-8H2,1-4H3/t9-/m0/s1. The lowest BCUT2D eigenvalue weighted by atomic mass is 10.1. The van der Waals surface area contributed by atoms with Gasteiger partial charge in [-0.2, -0.15) is 0 Å². The molecular weight excluding hydrogens is 178 g/mol. The Bertz CT molecular complexity index is 208. The molecule has 0 N–H and O–H groups in total. The van der Waals surface area contributed by atoms with Gasteiger partial charge in [0.1, 0.15) is 11.6 Å². The van der Waals surface area contributed by atoms with E-state index in [0.717, 1.165) is 25.9 Å². The van der Waals surface area contributed by atoms with E-state index in [4.69, 9.17) is 4.74 Å². The Balaban J connectivity index is 2.52. The predicted octanol–water partition coefficient (Wildman–Crippen LogP) is 1.81. The molecule has 0 radical (unpaired) electrons. The molecule has 1 atom stereocenters. The highest BCUT2D eigenvalue weighted by atomic mass is 16.6. The van der Waals surface area contributed by atoms with E-state index in [0.29, 0.717) is 0 Å². The SMILES string of the molecule is CCN1CCC[C@H]1C(=O)OC(C)(C)C. The second-order valence-electron chi connectivity index (χ2n) is 4.82. The van der Waals surface area contributed by atoms with Crippen LogP contribution in [0.15, 0.2) is 0 Å². The van der Waals surface area contributed by atoms with Crippen LogP contribution in [0.3, 0.4) is 0 Å². The number of ether oxygens (including phenoxy) is 1. The van der Waals surface area contributed by atoms with E-state index in [1.165, 1.54) is 0 Å². The van der Waals surface area contributed by atoms with Gasteiger partial charge in [0.2, 0.25) is 0 Å². The van der Waals surface area contributed by atoms with E-state index in [1.807, 2.05) is 20.8 Å². The number of nitrogens with zero attached hydrogens (tertiary/aromatic N) is 1. The minimum Gasteiger partial charge on any atom is -0.459 e. The molecule has 82 valence electrons. The van der Waals surface area contributed by atoms with Gasteiger partial charge in [0, 0.05) is 0 Å². The molecule has 3 heteroatoms. The summed E-state index contributed by atoms with van der Waals surface area (Å²) in [6.45, 7) is 9.79. The minimum atomic E-state index is -0.362. The van der Waals surface area contributed by atoms with Crippen LogP contribution in [0.2, 0.25) is 0 Å². The van der Waals surface area contributed by atoms with Crippen LogP contribution in [0.25, 0.3) is 0 Å². The third-order valence-electron chi connectivity index (χ3n) is 2.45. The molecule has 0 saturated carbocycles.